The van der Waals surface area contributed by atoms with Crippen molar-refractivity contribution >= 4 is 38.7 Å². The maximum absolute atomic E-state index is 5.50. The monoisotopic (exact) mass is 443 g/mol. The summed E-state index contributed by atoms with van der Waals surface area (Å²) in [5.74, 6) is 1.90. The van der Waals surface area contributed by atoms with Gasteiger partial charge in [0.25, 0.3) is 0 Å². The van der Waals surface area contributed by atoms with Crippen molar-refractivity contribution in [3.8, 4) is 0 Å². The van der Waals surface area contributed by atoms with Gasteiger partial charge in [0, 0.05) is 29.0 Å². The predicted octanol–water partition coefficient (Wildman–Crippen LogP) is 4.59. The van der Waals surface area contributed by atoms with Gasteiger partial charge < -0.3 is 10.1 Å². The van der Waals surface area contributed by atoms with Gasteiger partial charge in [-0.2, -0.15) is 0 Å². The van der Waals surface area contributed by atoms with Crippen LogP contribution in [0.25, 0.3) is 10.2 Å². The number of ether oxygens (including phenoxy) is 1. The van der Waals surface area contributed by atoms with Crippen molar-refractivity contribution in [2.75, 3.05) is 31.6 Å². The van der Waals surface area contributed by atoms with Crippen LogP contribution in [-0.2, 0) is 30.5 Å². The third-order valence-corrected chi connectivity index (χ3v) is 8.48. The predicted molar refractivity (Wildman–Crippen MR) is 124 cm³/mol. The van der Waals surface area contributed by atoms with Crippen LogP contribution in [0.4, 0.5) is 5.82 Å². The van der Waals surface area contributed by atoms with Crippen molar-refractivity contribution in [1.82, 2.24) is 19.9 Å². The summed E-state index contributed by atoms with van der Waals surface area (Å²) in [4.78, 5) is 21.1. The molecule has 0 aromatic carbocycles. The standard InChI is InChI=1S/C22H29N5OS2/c1-3-15-12-23-21(29-15)14(2)24-20-19-16-6-4-5-7-17(16)30-22(19)26-18(25-20)13-27-8-10-28-11-9-27/h12,14H,3-11,13H2,1-2H3,(H,24,25,26). The van der Waals surface area contributed by atoms with Gasteiger partial charge in [-0.3, -0.25) is 4.90 Å². The number of anilines is 1. The molecule has 4 heterocycles. The van der Waals surface area contributed by atoms with Crippen LogP contribution < -0.4 is 5.32 Å². The summed E-state index contributed by atoms with van der Waals surface area (Å²) in [6.45, 7) is 8.62. The number of hydrogen-bond acceptors (Lipinski definition) is 8. The van der Waals surface area contributed by atoms with E-state index >= 15 is 0 Å². The molecule has 0 radical (unpaired) electrons. The molecule has 5 rings (SSSR count). The average molecular weight is 444 g/mol. The molecule has 0 bridgehead atoms. The molecule has 2 aliphatic rings. The lowest BCUT2D eigenvalue weighted by atomic mass is 9.97. The van der Waals surface area contributed by atoms with Crippen molar-refractivity contribution in [2.24, 2.45) is 0 Å². The number of hydrogen-bond donors (Lipinski definition) is 1. The fraction of sp³-hybridized carbons (Fsp3) is 0.591. The fourth-order valence-electron chi connectivity index (χ4n) is 4.29. The van der Waals surface area contributed by atoms with Crippen LogP contribution in [0.5, 0.6) is 0 Å². The molecular weight excluding hydrogens is 414 g/mol. The number of nitrogens with one attached hydrogen (secondary N) is 1. The van der Waals surface area contributed by atoms with E-state index in [1.54, 1.807) is 11.3 Å². The maximum atomic E-state index is 5.50. The molecule has 1 atom stereocenters. The third-order valence-electron chi connectivity index (χ3n) is 5.97. The van der Waals surface area contributed by atoms with Gasteiger partial charge in [-0.05, 0) is 44.6 Å². The van der Waals surface area contributed by atoms with Gasteiger partial charge in [0.2, 0.25) is 0 Å². The number of fused-ring (bicyclic) bond motifs is 3. The summed E-state index contributed by atoms with van der Waals surface area (Å²) in [5, 5.41) is 6.08. The smallest absolute Gasteiger partial charge is 0.146 e. The minimum absolute atomic E-state index is 0.128. The van der Waals surface area contributed by atoms with Gasteiger partial charge in [0.1, 0.15) is 21.5 Å². The molecule has 3 aromatic rings. The van der Waals surface area contributed by atoms with E-state index in [0.29, 0.717) is 0 Å². The summed E-state index contributed by atoms with van der Waals surface area (Å²) in [7, 11) is 0. The van der Waals surface area contributed by atoms with Gasteiger partial charge in [0.05, 0.1) is 31.2 Å². The summed E-state index contributed by atoms with van der Waals surface area (Å²) < 4.78 is 5.50. The molecule has 30 heavy (non-hydrogen) atoms. The summed E-state index contributed by atoms with van der Waals surface area (Å²) in [6, 6.07) is 0.128. The second-order valence-electron chi connectivity index (χ2n) is 8.15. The number of thiophene rings is 1. The Bertz CT molecular complexity index is 1020. The summed E-state index contributed by atoms with van der Waals surface area (Å²) >= 11 is 3.67. The Hall–Kier alpha value is -1.61. The lowest BCUT2D eigenvalue weighted by molar-refractivity contribution is 0.0331. The first-order valence-electron chi connectivity index (χ1n) is 11.0. The number of nitrogens with zero attached hydrogens (tertiary/aromatic N) is 4. The normalized spacial score (nSPS) is 18.5. The van der Waals surface area contributed by atoms with Crippen molar-refractivity contribution < 1.29 is 4.74 Å². The zero-order valence-corrected chi connectivity index (χ0v) is 19.4. The first-order chi connectivity index (χ1) is 14.7. The van der Waals surface area contributed by atoms with E-state index in [9.17, 15) is 0 Å². The minimum atomic E-state index is 0.128. The van der Waals surface area contributed by atoms with Crippen LogP contribution in [0.15, 0.2) is 6.20 Å². The van der Waals surface area contributed by atoms with E-state index in [1.807, 2.05) is 17.5 Å². The molecule has 160 valence electrons. The SMILES string of the molecule is CCc1cnc(C(C)Nc2nc(CN3CCOCC3)nc3sc4c(c23)CCCC4)s1. The zero-order valence-electron chi connectivity index (χ0n) is 17.7. The molecule has 6 nitrogen and oxygen atoms in total. The van der Waals surface area contributed by atoms with Crippen molar-refractivity contribution in [2.45, 2.75) is 58.5 Å². The van der Waals surface area contributed by atoms with E-state index in [0.717, 1.165) is 67.2 Å². The molecule has 1 unspecified atom stereocenters. The van der Waals surface area contributed by atoms with E-state index in [4.69, 9.17) is 14.7 Å². The first-order valence-corrected chi connectivity index (χ1v) is 12.7. The highest BCUT2D eigenvalue weighted by molar-refractivity contribution is 7.19. The van der Waals surface area contributed by atoms with Crippen LogP contribution >= 0.6 is 22.7 Å². The Kier molecular flexibility index (Phi) is 6.00. The molecule has 1 N–H and O–H groups in total. The summed E-state index contributed by atoms with van der Waals surface area (Å²) in [5.41, 5.74) is 1.47. The molecule has 0 amide bonds. The van der Waals surface area contributed by atoms with Crippen LogP contribution in [0.1, 0.15) is 58.9 Å². The third kappa shape index (κ3) is 4.10. The summed E-state index contributed by atoms with van der Waals surface area (Å²) in [6.07, 6.45) is 7.90. The lowest BCUT2D eigenvalue weighted by Crippen LogP contribution is -2.36. The van der Waals surface area contributed by atoms with E-state index < -0.39 is 0 Å². The first kappa shape index (κ1) is 20.3. The highest BCUT2D eigenvalue weighted by Gasteiger charge is 2.23. The quantitative estimate of drug-likeness (QED) is 0.601. The Morgan fingerprint density at radius 3 is 2.80 bits per heavy atom. The van der Waals surface area contributed by atoms with Crippen LogP contribution in [0.2, 0.25) is 0 Å². The molecule has 1 saturated heterocycles. The molecular formula is C22H29N5OS2. The second kappa shape index (κ2) is 8.86. The van der Waals surface area contributed by atoms with Crippen molar-refractivity contribution in [3.05, 3.63) is 32.3 Å². The van der Waals surface area contributed by atoms with E-state index in [2.05, 4.69) is 29.0 Å². The van der Waals surface area contributed by atoms with Crippen LogP contribution in [0.3, 0.4) is 0 Å². The largest absolute Gasteiger partial charge is 0.379 e. The lowest BCUT2D eigenvalue weighted by Gasteiger charge is -2.26. The maximum Gasteiger partial charge on any atom is 0.146 e. The topological polar surface area (TPSA) is 63.2 Å². The highest BCUT2D eigenvalue weighted by Crippen LogP contribution is 2.39. The Morgan fingerprint density at radius 2 is 2.00 bits per heavy atom. The molecule has 0 saturated carbocycles. The highest BCUT2D eigenvalue weighted by atomic mass is 32.1. The number of rotatable bonds is 6. The molecule has 3 aromatic heterocycles. The number of thiazole rings is 1. The second-order valence-corrected chi connectivity index (χ2v) is 10.4. The van der Waals surface area contributed by atoms with Crippen LogP contribution in [0, 0.1) is 0 Å². The van der Waals surface area contributed by atoms with Gasteiger partial charge in [-0.1, -0.05) is 6.92 Å². The number of aryl methyl sites for hydroxylation is 3. The number of aromatic nitrogens is 3. The Balaban J connectivity index is 1.50. The average Bonchev–Trinajstić information content (AvgIpc) is 3.39. The molecule has 8 heteroatoms. The fourth-order valence-corrected chi connectivity index (χ4v) is 6.43. The van der Waals surface area contributed by atoms with Crippen LogP contribution in [-0.4, -0.2) is 46.2 Å². The van der Waals surface area contributed by atoms with Crippen molar-refractivity contribution in [3.63, 3.8) is 0 Å². The molecule has 0 spiro atoms. The molecule has 1 aliphatic carbocycles. The zero-order chi connectivity index (χ0) is 20.5. The van der Waals surface area contributed by atoms with Gasteiger partial charge in [-0.15, -0.1) is 22.7 Å². The minimum Gasteiger partial charge on any atom is -0.379 e. The Labute approximate surface area is 185 Å². The van der Waals surface area contributed by atoms with Crippen molar-refractivity contribution in [1.29, 1.82) is 0 Å². The molecule has 1 fully saturated rings. The van der Waals surface area contributed by atoms with Gasteiger partial charge >= 0.3 is 0 Å². The molecule has 1 aliphatic heterocycles. The van der Waals surface area contributed by atoms with Gasteiger partial charge in [-0.25, -0.2) is 15.0 Å². The van der Waals surface area contributed by atoms with Gasteiger partial charge in [0.15, 0.2) is 0 Å². The van der Waals surface area contributed by atoms with E-state index in [-0.39, 0.29) is 6.04 Å². The Morgan fingerprint density at radius 1 is 1.17 bits per heavy atom. The van der Waals surface area contributed by atoms with E-state index in [1.165, 1.54) is 40.0 Å². The number of morpholine rings is 1.